The Balaban J connectivity index is 2.13. The van der Waals surface area contributed by atoms with Gasteiger partial charge in [0.25, 0.3) is 0 Å². The predicted molar refractivity (Wildman–Crippen MR) is 76.8 cm³/mol. The predicted octanol–water partition coefficient (Wildman–Crippen LogP) is 0.850. The molecule has 1 amide bonds. The molecule has 0 radical (unpaired) electrons. The molecule has 0 aromatic rings. The second-order valence-electron chi connectivity index (χ2n) is 5.17. The van der Waals surface area contributed by atoms with E-state index in [1.807, 2.05) is 0 Å². The maximum absolute atomic E-state index is 11.7. The average molecular weight is 290 g/mol. The lowest BCUT2D eigenvalue weighted by molar-refractivity contribution is -0.121. The Bertz CT molecular complexity index is 360. The zero-order chi connectivity index (χ0) is 14.1. The quantitative estimate of drug-likeness (QED) is 0.538. The number of sulfone groups is 1. The van der Waals surface area contributed by atoms with E-state index < -0.39 is 9.84 Å². The standard InChI is InChI=1S/C13H26N2O3S/c1-2-19(17,18)10-9-14-11-13(16)15-12-7-5-3-4-6-8-12/h12,14H,2-11H2,1H3,(H,15,16). The number of rotatable bonds is 7. The van der Waals surface area contributed by atoms with E-state index in [1.165, 1.54) is 25.7 Å². The van der Waals surface area contributed by atoms with Crippen LogP contribution < -0.4 is 10.6 Å². The molecule has 2 N–H and O–H groups in total. The summed E-state index contributed by atoms with van der Waals surface area (Å²) in [5, 5.41) is 5.91. The molecule has 1 saturated carbocycles. The Morgan fingerprint density at radius 1 is 1.16 bits per heavy atom. The molecule has 5 nitrogen and oxygen atoms in total. The molecule has 0 aromatic carbocycles. The summed E-state index contributed by atoms with van der Waals surface area (Å²) >= 11 is 0. The van der Waals surface area contributed by atoms with Crippen molar-refractivity contribution in [3.63, 3.8) is 0 Å². The molecule has 0 heterocycles. The van der Waals surface area contributed by atoms with Crippen LogP contribution in [0.4, 0.5) is 0 Å². The van der Waals surface area contributed by atoms with Gasteiger partial charge in [-0.05, 0) is 12.8 Å². The summed E-state index contributed by atoms with van der Waals surface area (Å²) in [7, 11) is -2.94. The highest BCUT2D eigenvalue weighted by Gasteiger charge is 2.14. The summed E-state index contributed by atoms with van der Waals surface area (Å²) in [4.78, 5) is 11.7. The number of hydrogen-bond acceptors (Lipinski definition) is 4. The van der Waals surface area contributed by atoms with E-state index in [4.69, 9.17) is 0 Å². The molecule has 19 heavy (non-hydrogen) atoms. The lowest BCUT2D eigenvalue weighted by atomic mass is 10.1. The molecule has 1 aliphatic rings. The Kier molecular flexibility index (Phi) is 7.38. The average Bonchev–Trinajstić information content (AvgIpc) is 2.63. The Morgan fingerprint density at radius 2 is 1.79 bits per heavy atom. The van der Waals surface area contributed by atoms with Crippen molar-refractivity contribution < 1.29 is 13.2 Å². The van der Waals surface area contributed by atoms with Gasteiger partial charge in [0.15, 0.2) is 9.84 Å². The summed E-state index contributed by atoms with van der Waals surface area (Å²) in [6.45, 7) is 2.18. The first-order valence-corrected chi connectivity index (χ1v) is 9.06. The molecule has 0 spiro atoms. The first-order valence-electron chi connectivity index (χ1n) is 7.24. The van der Waals surface area contributed by atoms with Crippen molar-refractivity contribution >= 4 is 15.7 Å². The van der Waals surface area contributed by atoms with Crippen molar-refractivity contribution in [3.05, 3.63) is 0 Å². The van der Waals surface area contributed by atoms with Crippen molar-refractivity contribution in [1.82, 2.24) is 10.6 Å². The summed E-state index contributed by atoms with van der Waals surface area (Å²) in [5.41, 5.74) is 0. The molecular formula is C13H26N2O3S. The first-order chi connectivity index (χ1) is 9.03. The smallest absolute Gasteiger partial charge is 0.234 e. The van der Waals surface area contributed by atoms with Crippen LogP contribution in [-0.2, 0) is 14.6 Å². The Labute approximate surface area is 116 Å². The fourth-order valence-corrected chi connectivity index (χ4v) is 3.02. The fraction of sp³-hybridized carbons (Fsp3) is 0.923. The van der Waals surface area contributed by atoms with Gasteiger partial charge < -0.3 is 10.6 Å². The van der Waals surface area contributed by atoms with Gasteiger partial charge in [0, 0.05) is 18.3 Å². The van der Waals surface area contributed by atoms with Crippen LogP contribution in [0, 0.1) is 0 Å². The number of nitrogens with one attached hydrogen (secondary N) is 2. The zero-order valence-electron chi connectivity index (χ0n) is 11.8. The third kappa shape index (κ3) is 7.52. The minimum Gasteiger partial charge on any atom is -0.352 e. The van der Waals surface area contributed by atoms with Crippen LogP contribution in [0.2, 0.25) is 0 Å². The monoisotopic (exact) mass is 290 g/mol. The van der Waals surface area contributed by atoms with Gasteiger partial charge in [-0.1, -0.05) is 32.6 Å². The Hall–Kier alpha value is -0.620. The molecule has 0 saturated heterocycles. The van der Waals surface area contributed by atoms with Crippen LogP contribution in [0.3, 0.4) is 0 Å². The molecule has 0 aromatic heterocycles. The number of carbonyl (C=O) groups excluding carboxylic acids is 1. The van der Waals surface area contributed by atoms with Gasteiger partial charge in [-0.25, -0.2) is 8.42 Å². The maximum Gasteiger partial charge on any atom is 0.234 e. The van der Waals surface area contributed by atoms with Gasteiger partial charge >= 0.3 is 0 Å². The second kappa shape index (κ2) is 8.53. The molecule has 6 heteroatoms. The van der Waals surface area contributed by atoms with Gasteiger partial charge in [-0.3, -0.25) is 4.79 Å². The molecule has 1 fully saturated rings. The van der Waals surface area contributed by atoms with E-state index in [2.05, 4.69) is 10.6 Å². The molecular weight excluding hydrogens is 264 g/mol. The molecule has 112 valence electrons. The van der Waals surface area contributed by atoms with Crippen LogP contribution in [0.25, 0.3) is 0 Å². The highest BCUT2D eigenvalue weighted by atomic mass is 32.2. The van der Waals surface area contributed by atoms with Crippen LogP contribution in [-0.4, -0.2) is 45.0 Å². The van der Waals surface area contributed by atoms with Crippen LogP contribution in [0.15, 0.2) is 0 Å². The first kappa shape index (κ1) is 16.4. The van der Waals surface area contributed by atoms with E-state index >= 15 is 0 Å². The minimum atomic E-state index is -2.94. The van der Waals surface area contributed by atoms with Gasteiger partial charge in [0.2, 0.25) is 5.91 Å². The van der Waals surface area contributed by atoms with E-state index in [9.17, 15) is 13.2 Å². The summed E-state index contributed by atoms with van der Waals surface area (Å²) in [5.74, 6) is 0.226. The SMILES string of the molecule is CCS(=O)(=O)CCNCC(=O)NC1CCCCCC1. The van der Waals surface area contributed by atoms with Crippen molar-refractivity contribution in [2.24, 2.45) is 0 Å². The van der Waals surface area contributed by atoms with Crippen LogP contribution >= 0.6 is 0 Å². The molecule has 0 aliphatic heterocycles. The second-order valence-corrected chi connectivity index (χ2v) is 7.64. The number of carbonyl (C=O) groups is 1. The number of hydrogen-bond donors (Lipinski definition) is 2. The summed E-state index contributed by atoms with van der Waals surface area (Å²) in [6, 6.07) is 0.302. The summed E-state index contributed by atoms with van der Waals surface area (Å²) in [6.07, 6.45) is 7.03. The third-order valence-electron chi connectivity index (χ3n) is 3.54. The highest BCUT2D eigenvalue weighted by molar-refractivity contribution is 7.91. The van der Waals surface area contributed by atoms with Gasteiger partial charge in [0.05, 0.1) is 12.3 Å². The molecule has 1 aliphatic carbocycles. The third-order valence-corrected chi connectivity index (χ3v) is 5.24. The number of amides is 1. The van der Waals surface area contributed by atoms with Crippen molar-refractivity contribution in [1.29, 1.82) is 0 Å². The summed E-state index contributed by atoms with van der Waals surface area (Å²) < 4.78 is 22.5. The van der Waals surface area contributed by atoms with Gasteiger partial charge in [-0.15, -0.1) is 0 Å². The lowest BCUT2D eigenvalue weighted by Crippen LogP contribution is -2.41. The molecule has 1 rings (SSSR count). The maximum atomic E-state index is 11.7. The highest BCUT2D eigenvalue weighted by Crippen LogP contribution is 2.16. The van der Waals surface area contributed by atoms with E-state index in [1.54, 1.807) is 6.92 Å². The van der Waals surface area contributed by atoms with E-state index in [0.717, 1.165) is 12.8 Å². The van der Waals surface area contributed by atoms with Crippen LogP contribution in [0.1, 0.15) is 45.4 Å². The molecule has 0 unspecified atom stereocenters. The normalized spacial score (nSPS) is 17.9. The Morgan fingerprint density at radius 3 is 2.37 bits per heavy atom. The van der Waals surface area contributed by atoms with Crippen molar-refractivity contribution in [3.8, 4) is 0 Å². The topological polar surface area (TPSA) is 75.3 Å². The fourth-order valence-electron chi connectivity index (χ4n) is 2.28. The van der Waals surface area contributed by atoms with E-state index in [0.29, 0.717) is 12.6 Å². The van der Waals surface area contributed by atoms with Crippen molar-refractivity contribution in [2.45, 2.75) is 51.5 Å². The lowest BCUT2D eigenvalue weighted by Gasteiger charge is -2.16. The molecule has 0 atom stereocenters. The van der Waals surface area contributed by atoms with Crippen LogP contribution in [0.5, 0.6) is 0 Å². The molecule has 0 bridgehead atoms. The van der Waals surface area contributed by atoms with Crippen molar-refractivity contribution in [2.75, 3.05) is 24.6 Å². The van der Waals surface area contributed by atoms with E-state index in [-0.39, 0.29) is 24.0 Å². The largest absolute Gasteiger partial charge is 0.352 e. The minimum absolute atomic E-state index is 0.0270. The van der Waals surface area contributed by atoms with Gasteiger partial charge in [0.1, 0.15) is 0 Å². The van der Waals surface area contributed by atoms with Gasteiger partial charge in [-0.2, -0.15) is 0 Å². The zero-order valence-corrected chi connectivity index (χ0v) is 12.6.